The van der Waals surface area contributed by atoms with Gasteiger partial charge in [-0.25, -0.2) is 4.90 Å². The molecular weight excluding hydrogens is 298 g/mol. The Morgan fingerprint density at radius 1 is 0.955 bits per heavy atom. The van der Waals surface area contributed by atoms with Crippen LogP contribution in [-0.4, -0.2) is 18.9 Å². The molecule has 22 heavy (non-hydrogen) atoms. The predicted molar refractivity (Wildman–Crippen MR) is 85.9 cm³/mol. The topological polar surface area (TPSA) is 46.6 Å². The number of ether oxygens (including phenoxy) is 1. The number of carbonyl (C=O) groups is 2. The van der Waals surface area contributed by atoms with Crippen molar-refractivity contribution in [2.24, 2.45) is 0 Å². The van der Waals surface area contributed by atoms with E-state index in [0.29, 0.717) is 16.3 Å². The highest BCUT2D eigenvalue weighted by Crippen LogP contribution is 2.36. The fourth-order valence-electron chi connectivity index (χ4n) is 2.18. The number of thioether (sulfide) groups is 1. The van der Waals surface area contributed by atoms with E-state index in [1.54, 1.807) is 24.3 Å². The molecule has 0 bridgehead atoms. The maximum absolute atomic E-state index is 12.5. The Bertz CT molecular complexity index is 756. The molecule has 0 spiro atoms. The largest absolute Gasteiger partial charge is 0.495 e. The zero-order valence-electron chi connectivity index (χ0n) is 11.9. The number of para-hydroxylation sites is 2. The number of imide groups is 1. The fourth-order valence-corrected chi connectivity index (χ4v) is 3.07. The van der Waals surface area contributed by atoms with Crippen molar-refractivity contribution in [2.75, 3.05) is 12.0 Å². The molecule has 0 saturated carbocycles. The molecule has 0 aromatic heterocycles. The van der Waals surface area contributed by atoms with Crippen molar-refractivity contribution in [3.05, 3.63) is 65.6 Å². The van der Waals surface area contributed by atoms with Crippen LogP contribution >= 0.6 is 11.8 Å². The molecule has 3 rings (SSSR count). The Balaban J connectivity index is 1.89. The first-order chi connectivity index (χ1) is 10.7. The minimum atomic E-state index is -0.354. The number of amides is 2. The van der Waals surface area contributed by atoms with Crippen molar-refractivity contribution < 1.29 is 14.3 Å². The zero-order chi connectivity index (χ0) is 15.5. The Morgan fingerprint density at radius 2 is 1.64 bits per heavy atom. The lowest BCUT2D eigenvalue weighted by Gasteiger charge is -2.17. The fraction of sp³-hybridized carbons (Fsp3) is 0.0588. The number of anilines is 1. The standard InChI is InChI=1S/C17H13NO3S/c1-21-14-10-6-5-9-13(14)18-16(19)11-15(17(18)20)22-12-7-3-2-4-8-12/h2-11H,1H3. The summed E-state index contributed by atoms with van der Waals surface area (Å²) in [6, 6.07) is 16.5. The highest BCUT2D eigenvalue weighted by molar-refractivity contribution is 8.04. The molecule has 1 heterocycles. The van der Waals surface area contributed by atoms with E-state index in [4.69, 9.17) is 4.74 Å². The van der Waals surface area contributed by atoms with E-state index in [-0.39, 0.29) is 11.8 Å². The SMILES string of the molecule is COc1ccccc1N1C(=O)C=C(Sc2ccccc2)C1=O. The lowest BCUT2D eigenvalue weighted by Crippen LogP contribution is -2.30. The molecule has 0 aliphatic carbocycles. The van der Waals surface area contributed by atoms with Crippen LogP contribution in [0.1, 0.15) is 0 Å². The van der Waals surface area contributed by atoms with Gasteiger partial charge in [0.25, 0.3) is 11.8 Å². The maximum Gasteiger partial charge on any atom is 0.272 e. The third kappa shape index (κ3) is 2.63. The van der Waals surface area contributed by atoms with Crippen molar-refractivity contribution in [2.45, 2.75) is 4.90 Å². The molecule has 2 amide bonds. The van der Waals surface area contributed by atoms with Gasteiger partial charge in [0.05, 0.1) is 17.7 Å². The summed E-state index contributed by atoms with van der Waals surface area (Å²) < 4.78 is 5.23. The summed E-state index contributed by atoms with van der Waals surface area (Å²) in [6.45, 7) is 0. The van der Waals surface area contributed by atoms with Gasteiger partial charge in [-0.05, 0) is 24.3 Å². The van der Waals surface area contributed by atoms with Crippen molar-refractivity contribution in [3.63, 3.8) is 0 Å². The molecule has 110 valence electrons. The number of hydrogen-bond acceptors (Lipinski definition) is 4. The van der Waals surface area contributed by atoms with E-state index in [0.717, 1.165) is 9.80 Å². The molecule has 1 aliphatic heterocycles. The van der Waals surface area contributed by atoms with Gasteiger partial charge in [-0.3, -0.25) is 9.59 Å². The Kier molecular flexibility index (Phi) is 3.98. The molecule has 0 atom stereocenters. The molecule has 1 aliphatic rings. The molecule has 0 unspecified atom stereocenters. The quantitative estimate of drug-likeness (QED) is 0.813. The molecule has 2 aromatic carbocycles. The van der Waals surface area contributed by atoms with Crippen molar-refractivity contribution in [1.29, 1.82) is 0 Å². The van der Waals surface area contributed by atoms with Crippen molar-refractivity contribution in [1.82, 2.24) is 0 Å². The van der Waals surface area contributed by atoms with E-state index in [2.05, 4.69) is 0 Å². The molecule has 0 saturated heterocycles. The van der Waals surface area contributed by atoms with Crippen LogP contribution < -0.4 is 9.64 Å². The Hall–Kier alpha value is -2.53. The average molecular weight is 311 g/mol. The van der Waals surface area contributed by atoms with Gasteiger partial charge >= 0.3 is 0 Å². The van der Waals surface area contributed by atoms with Crippen LogP contribution in [0.4, 0.5) is 5.69 Å². The van der Waals surface area contributed by atoms with Crippen LogP contribution in [0.15, 0.2) is 70.5 Å². The van der Waals surface area contributed by atoms with E-state index in [1.807, 2.05) is 30.3 Å². The highest BCUT2D eigenvalue weighted by Gasteiger charge is 2.34. The van der Waals surface area contributed by atoms with E-state index in [9.17, 15) is 9.59 Å². The second-order valence-electron chi connectivity index (χ2n) is 4.57. The molecule has 4 nitrogen and oxygen atoms in total. The van der Waals surface area contributed by atoms with Gasteiger partial charge in [-0.1, -0.05) is 42.1 Å². The second kappa shape index (κ2) is 6.07. The number of carbonyl (C=O) groups excluding carboxylic acids is 2. The molecule has 0 fully saturated rings. The molecular formula is C17H13NO3S. The molecule has 5 heteroatoms. The van der Waals surface area contributed by atoms with Gasteiger partial charge in [0, 0.05) is 11.0 Å². The third-order valence-corrected chi connectivity index (χ3v) is 4.21. The number of nitrogens with zero attached hydrogens (tertiary/aromatic N) is 1. The Labute approximate surface area is 132 Å². The van der Waals surface area contributed by atoms with Crippen LogP contribution in [0.25, 0.3) is 0 Å². The van der Waals surface area contributed by atoms with Crippen LogP contribution in [0.3, 0.4) is 0 Å². The Morgan fingerprint density at radius 3 is 2.36 bits per heavy atom. The van der Waals surface area contributed by atoms with Crippen LogP contribution in [0, 0.1) is 0 Å². The van der Waals surface area contributed by atoms with Gasteiger partial charge in [-0.15, -0.1) is 0 Å². The summed E-state index contributed by atoms with van der Waals surface area (Å²) in [7, 11) is 1.51. The minimum absolute atomic E-state index is 0.330. The number of benzene rings is 2. The predicted octanol–water partition coefficient (Wildman–Crippen LogP) is 3.24. The minimum Gasteiger partial charge on any atom is -0.495 e. The third-order valence-electron chi connectivity index (χ3n) is 3.19. The summed E-state index contributed by atoms with van der Waals surface area (Å²) in [6.07, 6.45) is 1.37. The van der Waals surface area contributed by atoms with Gasteiger partial charge in [0.15, 0.2) is 0 Å². The van der Waals surface area contributed by atoms with Crippen LogP contribution in [-0.2, 0) is 9.59 Å². The van der Waals surface area contributed by atoms with E-state index < -0.39 is 0 Å². The highest BCUT2D eigenvalue weighted by atomic mass is 32.2. The summed E-state index contributed by atoms with van der Waals surface area (Å²) in [4.78, 5) is 27.2. The summed E-state index contributed by atoms with van der Waals surface area (Å²) in [5, 5.41) is 0. The number of methoxy groups -OCH3 is 1. The van der Waals surface area contributed by atoms with Gasteiger partial charge in [-0.2, -0.15) is 0 Å². The number of hydrogen-bond donors (Lipinski definition) is 0. The van der Waals surface area contributed by atoms with Crippen molar-refractivity contribution in [3.8, 4) is 5.75 Å². The summed E-state index contributed by atoms with van der Waals surface area (Å²) in [5.74, 6) is -0.195. The lowest BCUT2D eigenvalue weighted by molar-refractivity contribution is -0.120. The smallest absolute Gasteiger partial charge is 0.272 e. The van der Waals surface area contributed by atoms with E-state index >= 15 is 0 Å². The van der Waals surface area contributed by atoms with Crippen LogP contribution in [0.5, 0.6) is 5.75 Å². The lowest BCUT2D eigenvalue weighted by atomic mass is 10.2. The first kappa shape index (κ1) is 14.4. The summed E-state index contributed by atoms with van der Waals surface area (Å²) >= 11 is 1.28. The molecule has 0 N–H and O–H groups in total. The molecule has 2 aromatic rings. The normalized spacial score (nSPS) is 14.2. The second-order valence-corrected chi connectivity index (χ2v) is 5.69. The van der Waals surface area contributed by atoms with Gasteiger partial charge in [0.1, 0.15) is 5.75 Å². The molecule has 0 radical (unpaired) electrons. The zero-order valence-corrected chi connectivity index (χ0v) is 12.7. The maximum atomic E-state index is 12.5. The first-order valence-electron chi connectivity index (χ1n) is 6.67. The summed E-state index contributed by atoms with van der Waals surface area (Å²) in [5.41, 5.74) is 0.458. The van der Waals surface area contributed by atoms with E-state index in [1.165, 1.54) is 24.9 Å². The monoisotopic (exact) mass is 311 g/mol. The van der Waals surface area contributed by atoms with Crippen LogP contribution in [0.2, 0.25) is 0 Å². The average Bonchev–Trinajstić information content (AvgIpc) is 2.82. The first-order valence-corrected chi connectivity index (χ1v) is 7.48. The van der Waals surface area contributed by atoms with Gasteiger partial charge < -0.3 is 4.74 Å². The van der Waals surface area contributed by atoms with Crippen molar-refractivity contribution >= 4 is 29.3 Å². The van der Waals surface area contributed by atoms with Gasteiger partial charge in [0.2, 0.25) is 0 Å². The number of rotatable bonds is 4.